The second-order valence-corrected chi connectivity index (χ2v) is 4.83. The summed E-state index contributed by atoms with van der Waals surface area (Å²) in [6.45, 7) is 6.43. The van der Waals surface area contributed by atoms with Crippen LogP contribution < -0.4 is 10.2 Å². The number of rotatable bonds is 6. The molecule has 3 heteroatoms. The molecule has 0 fully saturated rings. The Morgan fingerprint density at radius 2 is 1.89 bits per heavy atom. The summed E-state index contributed by atoms with van der Waals surface area (Å²) in [5.41, 5.74) is 2.02. The van der Waals surface area contributed by atoms with Crippen molar-refractivity contribution in [3.63, 3.8) is 0 Å². The zero-order valence-electron chi connectivity index (χ0n) is 12.2. The molecule has 2 N–H and O–H groups in total. The van der Waals surface area contributed by atoms with Crippen molar-refractivity contribution in [2.45, 2.75) is 45.7 Å². The van der Waals surface area contributed by atoms with E-state index in [1.807, 2.05) is 26.1 Å². The lowest BCUT2D eigenvalue weighted by Gasteiger charge is -2.29. The van der Waals surface area contributed by atoms with E-state index in [4.69, 9.17) is 0 Å². The largest absolute Gasteiger partial charge is 0.508 e. The van der Waals surface area contributed by atoms with Crippen molar-refractivity contribution in [1.82, 2.24) is 5.32 Å². The standard InChI is InChI=1S/C15H26N2O/c1-6-12(7-2)17(5)13-8-9-14(11(3)16-4)15(18)10-13/h8-12,16,18H,6-7H2,1-5H3. The molecule has 0 saturated carbocycles. The van der Waals surface area contributed by atoms with Gasteiger partial charge in [0.25, 0.3) is 0 Å². The molecule has 0 spiro atoms. The van der Waals surface area contributed by atoms with Gasteiger partial charge in [0.2, 0.25) is 0 Å². The second kappa shape index (κ2) is 6.64. The van der Waals surface area contributed by atoms with Gasteiger partial charge in [-0.05, 0) is 32.9 Å². The van der Waals surface area contributed by atoms with Crippen LogP contribution in [0.4, 0.5) is 5.69 Å². The van der Waals surface area contributed by atoms with E-state index in [2.05, 4.69) is 37.2 Å². The molecule has 3 nitrogen and oxygen atoms in total. The molecule has 18 heavy (non-hydrogen) atoms. The summed E-state index contributed by atoms with van der Waals surface area (Å²) in [6, 6.07) is 6.64. The lowest BCUT2D eigenvalue weighted by molar-refractivity contribution is 0.457. The summed E-state index contributed by atoms with van der Waals surface area (Å²) in [6.07, 6.45) is 2.23. The molecule has 1 aromatic carbocycles. The highest BCUT2D eigenvalue weighted by atomic mass is 16.3. The zero-order chi connectivity index (χ0) is 13.7. The van der Waals surface area contributed by atoms with E-state index in [0.29, 0.717) is 11.8 Å². The maximum absolute atomic E-state index is 10.1. The van der Waals surface area contributed by atoms with Crippen LogP contribution in [0.15, 0.2) is 18.2 Å². The predicted molar refractivity (Wildman–Crippen MR) is 78.4 cm³/mol. The van der Waals surface area contributed by atoms with Gasteiger partial charge in [-0.15, -0.1) is 0 Å². The molecule has 1 atom stereocenters. The first-order valence-electron chi connectivity index (χ1n) is 6.78. The number of phenolic OH excluding ortho intramolecular Hbond substituents is 1. The highest BCUT2D eigenvalue weighted by molar-refractivity contribution is 5.54. The maximum atomic E-state index is 10.1. The second-order valence-electron chi connectivity index (χ2n) is 4.83. The topological polar surface area (TPSA) is 35.5 Å². The Kier molecular flexibility index (Phi) is 5.48. The Labute approximate surface area is 111 Å². The summed E-state index contributed by atoms with van der Waals surface area (Å²) in [7, 11) is 3.99. The molecule has 0 heterocycles. The van der Waals surface area contributed by atoms with Crippen LogP contribution in [0.2, 0.25) is 0 Å². The van der Waals surface area contributed by atoms with Crippen molar-refractivity contribution in [3.8, 4) is 5.75 Å². The number of hydrogen-bond acceptors (Lipinski definition) is 3. The van der Waals surface area contributed by atoms with Gasteiger partial charge >= 0.3 is 0 Å². The van der Waals surface area contributed by atoms with Gasteiger partial charge in [0, 0.05) is 36.4 Å². The van der Waals surface area contributed by atoms with Gasteiger partial charge in [-0.2, -0.15) is 0 Å². The molecule has 1 aromatic rings. The minimum Gasteiger partial charge on any atom is -0.508 e. The number of nitrogens with zero attached hydrogens (tertiary/aromatic N) is 1. The Hall–Kier alpha value is -1.22. The molecule has 0 aliphatic carbocycles. The summed E-state index contributed by atoms with van der Waals surface area (Å²) in [5.74, 6) is 0.368. The molecule has 0 aliphatic heterocycles. The van der Waals surface area contributed by atoms with Gasteiger partial charge < -0.3 is 15.3 Å². The monoisotopic (exact) mass is 250 g/mol. The molecule has 0 saturated heterocycles. The Morgan fingerprint density at radius 1 is 1.28 bits per heavy atom. The summed E-state index contributed by atoms with van der Waals surface area (Å²) in [4.78, 5) is 2.24. The third-order valence-corrected chi connectivity index (χ3v) is 3.81. The van der Waals surface area contributed by atoms with Crippen molar-refractivity contribution in [2.75, 3.05) is 19.0 Å². The van der Waals surface area contributed by atoms with Crippen LogP contribution in [0.3, 0.4) is 0 Å². The maximum Gasteiger partial charge on any atom is 0.122 e. The molecule has 0 bridgehead atoms. The molecule has 1 rings (SSSR count). The van der Waals surface area contributed by atoms with E-state index in [1.54, 1.807) is 0 Å². The van der Waals surface area contributed by atoms with Crippen LogP contribution in [-0.4, -0.2) is 25.2 Å². The van der Waals surface area contributed by atoms with Crippen LogP contribution in [0.25, 0.3) is 0 Å². The fourth-order valence-electron chi connectivity index (χ4n) is 2.32. The number of phenols is 1. The summed E-state index contributed by atoms with van der Waals surface area (Å²) >= 11 is 0. The van der Waals surface area contributed by atoms with Crippen LogP contribution in [0.1, 0.15) is 45.2 Å². The first-order valence-corrected chi connectivity index (χ1v) is 6.78. The van der Waals surface area contributed by atoms with E-state index in [1.165, 1.54) is 0 Å². The summed E-state index contributed by atoms with van der Waals surface area (Å²) < 4.78 is 0. The number of anilines is 1. The van der Waals surface area contributed by atoms with Gasteiger partial charge in [-0.25, -0.2) is 0 Å². The normalized spacial score (nSPS) is 12.8. The molecular weight excluding hydrogens is 224 g/mol. The Morgan fingerprint density at radius 3 is 2.33 bits per heavy atom. The minimum atomic E-state index is 0.164. The quantitative estimate of drug-likeness (QED) is 0.813. The molecule has 0 amide bonds. The predicted octanol–water partition coefficient (Wildman–Crippen LogP) is 3.30. The number of nitrogens with one attached hydrogen (secondary N) is 1. The third-order valence-electron chi connectivity index (χ3n) is 3.81. The van der Waals surface area contributed by atoms with E-state index in [0.717, 1.165) is 24.1 Å². The molecule has 102 valence electrons. The Bertz CT molecular complexity index is 375. The molecule has 0 aromatic heterocycles. The van der Waals surface area contributed by atoms with Gasteiger partial charge in [-0.1, -0.05) is 19.9 Å². The van der Waals surface area contributed by atoms with Gasteiger partial charge in [0.15, 0.2) is 0 Å². The van der Waals surface area contributed by atoms with Crippen molar-refractivity contribution < 1.29 is 5.11 Å². The van der Waals surface area contributed by atoms with Crippen molar-refractivity contribution >= 4 is 5.69 Å². The van der Waals surface area contributed by atoms with Crippen molar-refractivity contribution in [3.05, 3.63) is 23.8 Å². The lowest BCUT2D eigenvalue weighted by Crippen LogP contribution is -2.30. The number of hydrogen-bond donors (Lipinski definition) is 2. The van der Waals surface area contributed by atoms with E-state index in [9.17, 15) is 5.11 Å². The summed E-state index contributed by atoms with van der Waals surface area (Å²) in [5, 5.41) is 13.2. The van der Waals surface area contributed by atoms with Crippen molar-refractivity contribution in [1.29, 1.82) is 0 Å². The SMILES string of the molecule is CCC(CC)N(C)c1ccc(C(C)NC)c(O)c1. The molecule has 1 unspecified atom stereocenters. The Balaban J connectivity index is 2.96. The van der Waals surface area contributed by atoms with Crippen molar-refractivity contribution in [2.24, 2.45) is 0 Å². The smallest absolute Gasteiger partial charge is 0.122 e. The van der Waals surface area contributed by atoms with Crippen LogP contribution in [0.5, 0.6) is 5.75 Å². The van der Waals surface area contributed by atoms with Crippen LogP contribution >= 0.6 is 0 Å². The van der Waals surface area contributed by atoms with Crippen LogP contribution in [0, 0.1) is 0 Å². The van der Waals surface area contributed by atoms with E-state index < -0.39 is 0 Å². The average molecular weight is 250 g/mol. The number of benzene rings is 1. The molecular formula is C15H26N2O. The first-order chi connectivity index (χ1) is 8.54. The van der Waals surface area contributed by atoms with Gasteiger partial charge in [-0.3, -0.25) is 0 Å². The van der Waals surface area contributed by atoms with Gasteiger partial charge in [0.1, 0.15) is 5.75 Å². The third kappa shape index (κ3) is 3.16. The molecule has 0 aliphatic rings. The lowest BCUT2D eigenvalue weighted by atomic mass is 10.0. The minimum absolute atomic E-state index is 0.164. The molecule has 0 radical (unpaired) electrons. The highest BCUT2D eigenvalue weighted by Gasteiger charge is 2.14. The van der Waals surface area contributed by atoms with E-state index >= 15 is 0 Å². The van der Waals surface area contributed by atoms with Crippen LogP contribution in [-0.2, 0) is 0 Å². The fourth-order valence-corrected chi connectivity index (χ4v) is 2.32. The highest BCUT2D eigenvalue weighted by Crippen LogP contribution is 2.29. The number of aromatic hydroxyl groups is 1. The average Bonchev–Trinajstić information content (AvgIpc) is 2.39. The van der Waals surface area contributed by atoms with Gasteiger partial charge in [0.05, 0.1) is 0 Å². The van der Waals surface area contributed by atoms with E-state index in [-0.39, 0.29) is 6.04 Å². The zero-order valence-corrected chi connectivity index (χ0v) is 12.2. The fraction of sp³-hybridized carbons (Fsp3) is 0.600. The first kappa shape index (κ1) is 14.8.